The van der Waals surface area contributed by atoms with Gasteiger partial charge in [-0.05, 0) is 18.8 Å². The molecule has 0 amide bonds. The molecule has 1 aliphatic rings. The Morgan fingerprint density at radius 1 is 0.842 bits per heavy atom. The molecule has 1 aliphatic carbocycles. The molecule has 0 aromatic carbocycles. The van der Waals surface area contributed by atoms with Gasteiger partial charge in [-0.1, -0.05) is 71.6 Å². The highest BCUT2D eigenvalue weighted by molar-refractivity contribution is 4.76. The fourth-order valence-corrected chi connectivity index (χ4v) is 3.09. The number of rotatable bonds is 4. The highest BCUT2D eigenvalue weighted by atomic mass is 16.3. The van der Waals surface area contributed by atoms with E-state index in [4.69, 9.17) is 0 Å². The molecule has 0 saturated heterocycles. The molecular formula is C17H35NO. The SMILES string of the molecule is CC(C)[C@@H](CO)NC1CCCCCCCCCCC1. The van der Waals surface area contributed by atoms with Crippen molar-refractivity contribution in [3.8, 4) is 0 Å². The predicted octanol–water partition coefficient (Wildman–Crippen LogP) is 4.27. The first-order valence-corrected chi connectivity index (χ1v) is 8.61. The molecular weight excluding hydrogens is 234 g/mol. The van der Waals surface area contributed by atoms with Crippen LogP contribution in [0.3, 0.4) is 0 Å². The van der Waals surface area contributed by atoms with Crippen LogP contribution in [-0.2, 0) is 0 Å². The highest BCUT2D eigenvalue weighted by Gasteiger charge is 2.17. The van der Waals surface area contributed by atoms with Crippen molar-refractivity contribution >= 4 is 0 Å². The minimum Gasteiger partial charge on any atom is -0.395 e. The highest BCUT2D eigenvalue weighted by Crippen LogP contribution is 2.18. The molecule has 0 aliphatic heterocycles. The Balaban J connectivity index is 2.37. The van der Waals surface area contributed by atoms with Gasteiger partial charge in [0.15, 0.2) is 0 Å². The van der Waals surface area contributed by atoms with Crippen molar-refractivity contribution < 1.29 is 5.11 Å². The number of hydrogen-bond acceptors (Lipinski definition) is 2. The average Bonchev–Trinajstić information content (AvgIpc) is 2.37. The molecule has 19 heavy (non-hydrogen) atoms. The standard InChI is InChI=1S/C17H35NO/c1-15(2)17(14-19)18-16-12-10-8-6-4-3-5-7-9-11-13-16/h15-19H,3-14H2,1-2H3/t17-/m1/s1. The van der Waals surface area contributed by atoms with Crippen LogP contribution < -0.4 is 5.32 Å². The first-order valence-electron chi connectivity index (χ1n) is 8.61. The van der Waals surface area contributed by atoms with E-state index in [0.717, 1.165) is 0 Å². The van der Waals surface area contributed by atoms with E-state index < -0.39 is 0 Å². The Morgan fingerprint density at radius 3 is 1.63 bits per heavy atom. The first kappa shape index (κ1) is 17.0. The van der Waals surface area contributed by atoms with E-state index in [9.17, 15) is 5.11 Å². The van der Waals surface area contributed by atoms with E-state index in [0.29, 0.717) is 12.0 Å². The molecule has 0 heterocycles. The van der Waals surface area contributed by atoms with Crippen molar-refractivity contribution in [2.45, 2.75) is 96.6 Å². The van der Waals surface area contributed by atoms with E-state index in [2.05, 4.69) is 19.2 Å². The third kappa shape index (κ3) is 7.94. The van der Waals surface area contributed by atoms with Crippen LogP contribution >= 0.6 is 0 Å². The van der Waals surface area contributed by atoms with Crippen LogP contribution in [0.4, 0.5) is 0 Å². The maximum Gasteiger partial charge on any atom is 0.0587 e. The number of nitrogens with one attached hydrogen (secondary N) is 1. The monoisotopic (exact) mass is 269 g/mol. The summed E-state index contributed by atoms with van der Waals surface area (Å²) in [6.07, 6.45) is 15.2. The molecule has 0 bridgehead atoms. The normalized spacial score (nSPS) is 22.7. The summed E-state index contributed by atoms with van der Waals surface area (Å²) >= 11 is 0. The fourth-order valence-electron chi connectivity index (χ4n) is 3.09. The van der Waals surface area contributed by atoms with Crippen LogP contribution in [0.15, 0.2) is 0 Å². The zero-order valence-corrected chi connectivity index (χ0v) is 13.2. The third-order valence-corrected chi connectivity index (χ3v) is 4.56. The summed E-state index contributed by atoms with van der Waals surface area (Å²) in [6, 6.07) is 0.900. The first-order chi connectivity index (χ1) is 9.24. The second kappa shape index (κ2) is 10.7. The van der Waals surface area contributed by atoms with Crippen molar-refractivity contribution in [2.24, 2.45) is 5.92 Å². The molecule has 0 aromatic rings. The Kier molecular flexibility index (Phi) is 9.54. The molecule has 114 valence electrons. The Bertz CT molecular complexity index is 193. The Hall–Kier alpha value is -0.0800. The quantitative estimate of drug-likeness (QED) is 0.799. The maximum atomic E-state index is 9.47. The summed E-state index contributed by atoms with van der Waals surface area (Å²) in [4.78, 5) is 0. The molecule has 2 nitrogen and oxygen atoms in total. The van der Waals surface area contributed by atoms with Crippen LogP contribution in [0.1, 0.15) is 84.5 Å². The lowest BCUT2D eigenvalue weighted by molar-refractivity contribution is 0.192. The summed E-state index contributed by atoms with van der Waals surface area (Å²) in [5, 5.41) is 13.2. The van der Waals surface area contributed by atoms with E-state index >= 15 is 0 Å². The topological polar surface area (TPSA) is 32.3 Å². The van der Waals surface area contributed by atoms with Gasteiger partial charge in [-0.25, -0.2) is 0 Å². The third-order valence-electron chi connectivity index (χ3n) is 4.56. The smallest absolute Gasteiger partial charge is 0.0587 e. The van der Waals surface area contributed by atoms with Gasteiger partial charge < -0.3 is 10.4 Å². The number of hydrogen-bond donors (Lipinski definition) is 2. The van der Waals surface area contributed by atoms with E-state index in [-0.39, 0.29) is 12.6 Å². The Morgan fingerprint density at radius 2 is 1.26 bits per heavy atom. The van der Waals surface area contributed by atoms with E-state index in [1.165, 1.54) is 70.6 Å². The largest absolute Gasteiger partial charge is 0.395 e. The molecule has 0 aromatic heterocycles. The second-order valence-electron chi connectivity index (χ2n) is 6.66. The Labute approximate surface area is 120 Å². The predicted molar refractivity (Wildman–Crippen MR) is 83.4 cm³/mol. The van der Waals surface area contributed by atoms with Gasteiger partial charge in [0.2, 0.25) is 0 Å². The lowest BCUT2D eigenvalue weighted by atomic mass is 9.96. The van der Waals surface area contributed by atoms with Crippen molar-refractivity contribution in [1.82, 2.24) is 5.32 Å². The van der Waals surface area contributed by atoms with Gasteiger partial charge in [0, 0.05) is 12.1 Å². The van der Waals surface area contributed by atoms with Gasteiger partial charge in [-0.2, -0.15) is 0 Å². The summed E-state index contributed by atoms with van der Waals surface area (Å²) in [5.41, 5.74) is 0. The lowest BCUT2D eigenvalue weighted by Crippen LogP contribution is -2.43. The summed E-state index contributed by atoms with van der Waals surface area (Å²) in [6.45, 7) is 4.67. The fraction of sp³-hybridized carbons (Fsp3) is 1.00. The van der Waals surface area contributed by atoms with Crippen molar-refractivity contribution in [2.75, 3.05) is 6.61 Å². The molecule has 1 atom stereocenters. The van der Waals surface area contributed by atoms with Crippen molar-refractivity contribution in [3.05, 3.63) is 0 Å². The molecule has 0 radical (unpaired) electrons. The number of aliphatic hydroxyl groups is 1. The molecule has 1 fully saturated rings. The zero-order valence-electron chi connectivity index (χ0n) is 13.2. The summed E-state index contributed by atoms with van der Waals surface area (Å²) < 4.78 is 0. The van der Waals surface area contributed by atoms with E-state index in [1.807, 2.05) is 0 Å². The summed E-state index contributed by atoms with van der Waals surface area (Å²) in [5.74, 6) is 0.520. The van der Waals surface area contributed by atoms with Crippen molar-refractivity contribution in [3.63, 3.8) is 0 Å². The van der Waals surface area contributed by atoms with Gasteiger partial charge in [-0.3, -0.25) is 0 Å². The minimum atomic E-state index is 0.272. The van der Waals surface area contributed by atoms with Crippen LogP contribution in [0.2, 0.25) is 0 Å². The molecule has 1 rings (SSSR count). The van der Waals surface area contributed by atoms with Crippen LogP contribution in [-0.4, -0.2) is 23.8 Å². The van der Waals surface area contributed by atoms with Gasteiger partial charge in [-0.15, -0.1) is 0 Å². The van der Waals surface area contributed by atoms with Crippen LogP contribution in [0, 0.1) is 5.92 Å². The van der Waals surface area contributed by atoms with E-state index in [1.54, 1.807) is 0 Å². The molecule has 2 heteroatoms. The molecule has 0 spiro atoms. The van der Waals surface area contributed by atoms with Crippen molar-refractivity contribution in [1.29, 1.82) is 0 Å². The lowest BCUT2D eigenvalue weighted by Gasteiger charge is -2.27. The van der Waals surface area contributed by atoms with Gasteiger partial charge >= 0.3 is 0 Å². The van der Waals surface area contributed by atoms with Crippen LogP contribution in [0.25, 0.3) is 0 Å². The van der Waals surface area contributed by atoms with Crippen LogP contribution in [0.5, 0.6) is 0 Å². The maximum absolute atomic E-state index is 9.47. The zero-order chi connectivity index (χ0) is 13.9. The van der Waals surface area contributed by atoms with Gasteiger partial charge in [0.05, 0.1) is 6.61 Å². The van der Waals surface area contributed by atoms with Gasteiger partial charge in [0.25, 0.3) is 0 Å². The average molecular weight is 269 g/mol. The molecule has 0 unspecified atom stereocenters. The molecule has 1 saturated carbocycles. The molecule has 2 N–H and O–H groups in total. The summed E-state index contributed by atoms with van der Waals surface area (Å²) in [7, 11) is 0. The van der Waals surface area contributed by atoms with Gasteiger partial charge in [0.1, 0.15) is 0 Å². The second-order valence-corrected chi connectivity index (χ2v) is 6.66. The number of aliphatic hydroxyl groups excluding tert-OH is 1. The minimum absolute atomic E-state index is 0.272.